The summed E-state index contributed by atoms with van der Waals surface area (Å²) in [7, 11) is 0. The average Bonchev–Trinajstić information content (AvgIpc) is 2.73. The minimum absolute atomic E-state index is 0.0275. The van der Waals surface area contributed by atoms with Crippen molar-refractivity contribution in [3.8, 4) is 5.75 Å². The maximum Gasteiger partial charge on any atom is 0.410 e. The van der Waals surface area contributed by atoms with E-state index in [9.17, 15) is 14.4 Å². The highest BCUT2D eigenvalue weighted by Crippen LogP contribution is 2.29. The standard InChI is InChI=1S/C22H30ClNO6/c1-2-7-19(25)29-21(16-8-4-3-5-9-16)30-22(27)24-15-6-10-20(26)28-18-13-11-17(23)12-14-18/h11-14,16,21H,2-10,15H2,1H3,(H,24,27). The summed E-state index contributed by atoms with van der Waals surface area (Å²) in [6.45, 7) is 2.14. The van der Waals surface area contributed by atoms with E-state index in [4.69, 9.17) is 25.8 Å². The van der Waals surface area contributed by atoms with E-state index >= 15 is 0 Å². The minimum atomic E-state index is -0.862. The van der Waals surface area contributed by atoms with E-state index in [1.165, 1.54) is 0 Å². The average molecular weight is 440 g/mol. The lowest BCUT2D eigenvalue weighted by molar-refractivity contribution is -0.179. The van der Waals surface area contributed by atoms with Crippen LogP contribution >= 0.6 is 11.6 Å². The number of rotatable bonds is 10. The highest BCUT2D eigenvalue weighted by molar-refractivity contribution is 6.30. The fourth-order valence-corrected chi connectivity index (χ4v) is 3.40. The largest absolute Gasteiger partial charge is 0.427 e. The van der Waals surface area contributed by atoms with Gasteiger partial charge in [0.1, 0.15) is 5.75 Å². The van der Waals surface area contributed by atoms with E-state index in [0.717, 1.165) is 32.1 Å². The third-order valence-corrected chi connectivity index (χ3v) is 5.08. The molecule has 1 N–H and O–H groups in total. The number of benzene rings is 1. The van der Waals surface area contributed by atoms with Crippen LogP contribution in [0.5, 0.6) is 5.75 Å². The molecular formula is C22H30ClNO6. The van der Waals surface area contributed by atoms with Gasteiger partial charge in [-0.2, -0.15) is 0 Å². The van der Waals surface area contributed by atoms with Gasteiger partial charge in [0.2, 0.25) is 0 Å². The molecule has 2 rings (SSSR count). The van der Waals surface area contributed by atoms with E-state index < -0.39 is 18.4 Å². The predicted octanol–water partition coefficient (Wildman–Crippen LogP) is 5.00. The first-order valence-electron chi connectivity index (χ1n) is 10.6. The van der Waals surface area contributed by atoms with Crippen molar-refractivity contribution in [2.75, 3.05) is 6.54 Å². The minimum Gasteiger partial charge on any atom is -0.427 e. The van der Waals surface area contributed by atoms with Gasteiger partial charge in [0, 0.05) is 30.3 Å². The van der Waals surface area contributed by atoms with E-state index in [0.29, 0.717) is 30.0 Å². The number of ether oxygens (including phenoxy) is 3. The Balaban J connectivity index is 1.71. The first-order chi connectivity index (χ1) is 14.5. The van der Waals surface area contributed by atoms with Crippen molar-refractivity contribution in [1.29, 1.82) is 0 Å². The zero-order valence-electron chi connectivity index (χ0n) is 17.4. The second-order valence-corrected chi connectivity index (χ2v) is 7.81. The maximum absolute atomic E-state index is 12.1. The summed E-state index contributed by atoms with van der Waals surface area (Å²) in [6, 6.07) is 6.50. The zero-order chi connectivity index (χ0) is 21.8. The number of alkyl carbamates (subject to hydrolysis) is 1. The third kappa shape index (κ3) is 9.03. The van der Waals surface area contributed by atoms with Crippen LogP contribution in [-0.2, 0) is 19.1 Å². The van der Waals surface area contributed by atoms with Crippen molar-refractivity contribution < 1.29 is 28.6 Å². The van der Waals surface area contributed by atoms with E-state index in [1.54, 1.807) is 24.3 Å². The lowest BCUT2D eigenvalue weighted by atomic mass is 9.89. The van der Waals surface area contributed by atoms with Crippen molar-refractivity contribution in [2.24, 2.45) is 5.92 Å². The molecule has 1 amide bonds. The van der Waals surface area contributed by atoms with Gasteiger partial charge in [-0.1, -0.05) is 37.8 Å². The molecule has 1 aromatic rings. The Labute approximate surface area is 182 Å². The molecule has 0 bridgehead atoms. The number of hydrogen-bond acceptors (Lipinski definition) is 6. The number of carbonyl (C=O) groups excluding carboxylic acids is 3. The van der Waals surface area contributed by atoms with Gasteiger partial charge in [-0.05, 0) is 49.9 Å². The van der Waals surface area contributed by atoms with E-state index in [-0.39, 0.29) is 24.9 Å². The van der Waals surface area contributed by atoms with Gasteiger partial charge in [0.05, 0.1) is 0 Å². The summed E-state index contributed by atoms with van der Waals surface area (Å²) < 4.78 is 16.0. The van der Waals surface area contributed by atoms with Crippen LogP contribution in [0.1, 0.15) is 64.7 Å². The predicted molar refractivity (Wildman–Crippen MR) is 112 cm³/mol. The van der Waals surface area contributed by atoms with Crippen molar-refractivity contribution in [3.63, 3.8) is 0 Å². The van der Waals surface area contributed by atoms with Crippen molar-refractivity contribution in [3.05, 3.63) is 29.3 Å². The molecule has 1 saturated carbocycles. The zero-order valence-corrected chi connectivity index (χ0v) is 18.1. The number of esters is 2. The molecule has 1 fully saturated rings. The first kappa shape index (κ1) is 24.0. The Hall–Kier alpha value is -2.28. The second kappa shape index (κ2) is 13.1. The summed E-state index contributed by atoms with van der Waals surface area (Å²) >= 11 is 5.79. The number of carbonyl (C=O) groups is 3. The topological polar surface area (TPSA) is 90.9 Å². The van der Waals surface area contributed by atoms with Crippen LogP contribution in [0.4, 0.5) is 4.79 Å². The molecule has 0 aromatic heterocycles. The lowest BCUT2D eigenvalue weighted by Crippen LogP contribution is -2.37. The molecular weight excluding hydrogens is 410 g/mol. The lowest BCUT2D eigenvalue weighted by Gasteiger charge is -2.29. The molecule has 0 saturated heterocycles. The van der Waals surface area contributed by atoms with Gasteiger partial charge in [0.15, 0.2) is 0 Å². The molecule has 1 unspecified atom stereocenters. The molecule has 0 heterocycles. The van der Waals surface area contributed by atoms with Crippen LogP contribution in [-0.4, -0.2) is 30.9 Å². The summed E-state index contributed by atoms with van der Waals surface area (Å²) in [5, 5.41) is 3.17. The van der Waals surface area contributed by atoms with Gasteiger partial charge in [-0.3, -0.25) is 9.59 Å². The highest BCUT2D eigenvalue weighted by atomic mass is 35.5. The molecule has 0 radical (unpaired) electrons. The fourth-order valence-electron chi connectivity index (χ4n) is 3.27. The summed E-state index contributed by atoms with van der Waals surface area (Å²) in [6.07, 6.45) is 4.94. The normalized spacial score (nSPS) is 15.1. The number of amides is 1. The SMILES string of the molecule is CCCC(=O)OC(OC(=O)NCCCC(=O)Oc1ccc(Cl)cc1)C1CCCCC1. The fraction of sp³-hybridized carbons (Fsp3) is 0.591. The highest BCUT2D eigenvalue weighted by Gasteiger charge is 2.30. The van der Waals surface area contributed by atoms with Crippen molar-refractivity contribution in [2.45, 2.75) is 71.0 Å². The number of halogens is 1. The summed E-state index contributed by atoms with van der Waals surface area (Å²) in [5.74, 6) is -0.312. The Morgan fingerprint density at radius 3 is 2.40 bits per heavy atom. The van der Waals surface area contributed by atoms with Crippen LogP contribution < -0.4 is 10.1 Å². The summed E-state index contributed by atoms with van der Waals surface area (Å²) in [5.41, 5.74) is 0. The second-order valence-electron chi connectivity index (χ2n) is 7.37. The molecule has 1 atom stereocenters. The molecule has 30 heavy (non-hydrogen) atoms. The smallest absolute Gasteiger partial charge is 0.410 e. The van der Waals surface area contributed by atoms with Gasteiger partial charge in [0.25, 0.3) is 6.29 Å². The van der Waals surface area contributed by atoms with Crippen LogP contribution in [0.2, 0.25) is 5.02 Å². The van der Waals surface area contributed by atoms with Crippen molar-refractivity contribution in [1.82, 2.24) is 5.32 Å². The van der Waals surface area contributed by atoms with Crippen LogP contribution in [0.3, 0.4) is 0 Å². The molecule has 0 aliphatic heterocycles. The van der Waals surface area contributed by atoms with Gasteiger partial charge < -0.3 is 19.5 Å². The molecule has 1 aliphatic carbocycles. The molecule has 1 aromatic carbocycles. The number of hydrogen-bond donors (Lipinski definition) is 1. The molecule has 8 heteroatoms. The van der Waals surface area contributed by atoms with Gasteiger partial charge >= 0.3 is 18.0 Å². The van der Waals surface area contributed by atoms with E-state index in [2.05, 4.69) is 5.32 Å². The maximum atomic E-state index is 12.1. The monoisotopic (exact) mass is 439 g/mol. The van der Waals surface area contributed by atoms with Crippen molar-refractivity contribution >= 4 is 29.6 Å². The third-order valence-electron chi connectivity index (χ3n) is 4.83. The number of nitrogens with one attached hydrogen (secondary N) is 1. The van der Waals surface area contributed by atoms with Gasteiger partial charge in [-0.25, -0.2) is 4.79 Å². The van der Waals surface area contributed by atoms with Crippen LogP contribution in [0.15, 0.2) is 24.3 Å². The molecule has 7 nitrogen and oxygen atoms in total. The Bertz CT molecular complexity index is 687. The molecule has 166 valence electrons. The molecule has 0 spiro atoms. The Morgan fingerprint density at radius 1 is 1.03 bits per heavy atom. The van der Waals surface area contributed by atoms with E-state index in [1.807, 2.05) is 6.92 Å². The first-order valence-corrected chi connectivity index (χ1v) is 11.0. The molecule has 1 aliphatic rings. The summed E-state index contributed by atoms with van der Waals surface area (Å²) in [4.78, 5) is 35.9. The Kier molecular flexibility index (Phi) is 10.5. The van der Waals surface area contributed by atoms with Crippen LogP contribution in [0, 0.1) is 5.92 Å². The van der Waals surface area contributed by atoms with Gasteiger partial charge in [-0.15, -0.1) is 0 Å². The quantitative estimate of drug-likeness (QED) is 0.239. The Morgan fingerprint density at radius 2 is 1.73 bits per heavy atom. The van der Waals surface area contributed by atoms with Crippen LogP contribution in [0.25, 0.3) is 0 Å².